The number of hydrogen-bond acceptors (Lipinski definition) is 6. The third-order valence-electron chi connectivity index (χ3n) is 3.67. The number of nitrogens with zero attached hydrogens (tertiary/aromatic N) is 1. The second kappa shape index (κ2) is 8.54. The lowest BCUT2D eigenvalue weighted by Crippen LogP contribution is -2.24. The molecule has 0 heterocycles. The molecular weight excluding hydrogens is 372 g/mol. The molecule has 0 saturated heterocycles. The fourth-order valence-corrected chi connectivity index (χ4v) is 2.66. The molecule has 2 rings (SSSR count). The molecule has 0 atom stereocenters. The number of rotatable bonds is 7. The Bertz CT molecular complexity index is 925. The molecule has 0 unspecified atom stereocenters. The van der Waals surface area contributed by atoms with Crippen molar-refractivity contribution < 1.29 is 27.5 Å². The van der Waals surface area contributed by atoms with E-state index in [4.69, 9.17) is 4.74 Å². The standard InChI is InChI=1S/C18H20N2O6S/c1-20(27(3,23)24)13-8-10-14(11-9-13)26-12-17(21)19-16-7-5-4-6-15(16)18(22)25-2/h4-11H,12H2,1-3H3,(H,19,21). The molecule has 27 heavy (non-hydrogen) atoms. The van der Waals surface area contributed by atoms with Crippen molar-refractivity contribution in [2.24, 2.45) is 0 Å². The van der Waals surface area contributed by atoms with E-state index in [2.05, 4.69) is 10.1 Å². The maximum absolute atomic E-state index is 12.1. The molecule has 1 amide bonds. The summed E-state index contributed by atoms with van der Waals surface area (Å²) in [5, 5.41) is 2.59. The monoisotopic (exact) mass is 392 g/mol. The Kier molecular flexibility index (Phi) is 6.40. The van der Waals surface area contributed by atoms with E-state index in [1.54, 1.807) is 48.5 Å². The SMILES string of the molecule is COC(=O)c1ccccc1NC(=O)COc1ccc(N(C)S(C)(=O)=O)cc1. The van der Waals surface area contributed by atoms with E-state index in [1.165, 1.54) is 14.2 Å². The molecule has 8 nitrogen and oxygen atoms in total. The number of sulfonamides is 1. The van der Waals surface area contributed by atoms with Gasteiger partial charge in [-0.3, -0.25) is 9.10 Å². The van der Waals surface area contributed by atoms with Gasteiger partial charge in [0.1, 0.15) is 5.75 Å². The summed E-state index contributed by atoms with van der Waals surface area (Å²) in [6.45, 7) is -0.281. The zero-order chi connectivity index (χ0) is 20.0. The van der Waals surface area contributed by atoms with Crippen molar-refractivity contribution in [2.75, 3.05) is 36.6 Å². The van der Waals surface area contributed by atoms with Crippen LogP contribution < -0.4 is 14.4 Å². The summed E-state index contributed by atoms with van der Waals surface area (Å²) in [6, 6.07) is 12.7. The number of ether oxygens (including phenoxy) is 2. The average Bonchev–Trinajstić information content (AvgIpc) is 2.65. The second-order valence-electron chi connectivity index (χ2n) is 5.60. The minimum absolute atomic E-state index is 0.238. The zero-order valence-corrected chi connectivity index (χ0v) is 15.9. The Morgan fingerprint density at radius 3 is 2.30 bits per heavy atom. The molecule has 0 aliphatic heterocycles. The first-order chi connectivity index (χ1) is 12.7. The Morgan fingerprint density at radius 1 is 1.07 bits per heavy atom. The average molecular weight is 392 g/mol. The van der Waals surface area contributed by atoms with Gasteiger partial charge in [-0.1, -0.05) is 12.1 Å². The van der Waals surface area contributed by atoms with Crippen molar-refractivity contribution >= 4 is 33.3 Å². The number of benzene rings is 2. The quantitative estimate of drug-likeness (QED) is 0.722. The van der Waals surface area contributed by atoms with Gasteiger partial charge >= 0.3 is 5.97 Å². The van der Waals surface area contributed by atoms with Crippen molar-refractivity contribution in [3.63, 3.8) is 0 Å². The number of hydrogen-bond donors (Lipinski definition) is 1. The molecular formula is C18H20N2O6S. The predicted octanol–water partition coefficient (Wildman–Crippen LogP) is 1.89. The molecule has 0 bridgehead atoms. The summed E-state index contributed by atoms with van der Waals surface area (Å²) < 4.78 is 34.2. The Labute approximate surface area is 157 Å². The van der Waals surface area contributed by atoms with Crippen LogP contribution in [0.5, 0.6) is 5.75 Å². The van der Waals surface area contributed by atoms with Gasteiger partial charge in [-0.15, -0.1) is 0 Å². The van der Waals surface area contributed by atoms with Crippen LogP contribution in [0.15, 0.2) is 48.5 Å². The van der Waals surface area contributed by atoms with Crippen molar-refractivity contribution in [1.29, 1.82) is 0 Å². The summed E-state index contributed by atoms with van der Waals surface area (Å²) in [6.07, 6.45) is 1.11. The molecule has 0 fully saturated rings. The third kappa shape index (κ3) is 5.45. The highest BCUT2D eigenvalue weighted by atomic mass is 32.2. The van der Waals surface area contributed by atoms with Crippen LogP contribution in [-0.2, 0) is 19.6 Å². The molecule has 0 aliphatic carbocycles. The van der Waals surface area contributed by atoms with Gasteiger partial charge in [0, 0.05) is 7.05 Å². The Morgan fingerprint density at radius 2 is 1.70 bits per heavy atom. The van der Waals surface area contributed by atoms with Gasteiger partial charge < -0.3 is 14.8 Å². The third-order valence-corrected chi connectivity index (χ3v) is 4.88. The molecule has 0 aliphatic rings. The number of carbonyl (C=O) groups is 2. The highest BCUT2D eigenvalue weighted by molar-refractivity contribution is 7.92. The molecule has 2 aromatic carbocycles. The lowest BCUT2D eigenvalue weighted by Gasteiger charge is -2.16. The molecule has 0 saturated carbocycles. The van der Waals surface area contributed by atoms with Gasteiger partial charge in [0.05, 0.1) is 30.3 Å². The molecule has 2 aromatic rings. The van der Waals surface area contributed by atoms with Crippen LogP contribution in [0.4, 0.5) is 11.4 Å². The van der Waals surface area contributed by atoms with Crippen LogP contribution in [-0.4, -0.2) is 47.3 Å². The van der Waals surface area contributed by atoms with Crippen LogP contribution in [0.3, 0.4) is 0 Å². The first kappa shape index (κ1) is 20.2. The van der Waals surface area contributed by atoms with Gasteiger partial charge in [0.15, 0.2) is 6.61 Å². The fraction of sp³-hybridized carbons (Fsp3) is 0.222. The van der Waals surface area contributed by atoms with Crippen molar-refractivity contribution in [1.82, 2.24) is 0 Å². The summed E-state index contributed by atoms with van der Waals surface area (Å²) in [5.41, 5.74) is 1.03. The molecule has 0 radical (unpaired) electrons. The van der Waals surface area contributed by atoms with E-state index < -0.39 is 21.9 Å². The van der Waals surface area contributed by atoms with E-state index in [1.807, 2.05) is 0 Å². The number of amides is 1. The molecule has 0 aromatic heterocycles. The number of para-hydroxylation sites is 1. The summed E-state index contributed by atoms with van der Waals surface area (Å²) in [7, 11) is -0.651. The Hall–Kier alpha value is -3.07. The van der Waals surface area contributed by atoms with Crippen LogP contribution >= 0.6 is 0 Å². The van der Waals surface area contributed by atoms with Crippen LogP contribution in [0.25, 0.3) is 0 Å². The van der Waals surface area contributed by atoms with Crippen molar-refractivity contribution in [3.8, 4) is 5.75 Å². The normalized spacial score (nSPS) is 10.8. The number of anilines is 2. The highest BCUT2D eigenvalue weighted by Gasteiger charge is 2.14. The fourth-order valence-electron chi connectivity index (χ4n) is 2.16. The zero-order valence-electron chi connectivity index (χ0n) is 15.1. The van der Waals surface area contributed by atoms with E-state index in [-0.39, 0.29) is 12.2 Å². The minimum atomic E-state index is -3.35. The Balaban J connectivity index is 1.98. The van der Waals surface area contributed by atoms with Crippen LogP contribution in [0.1, 0.15) is 10.4 Å². The van der Waals surface area contributed by atoms with E-state index in [0.29, 0.717) is 17.1 Å². The maximum atomic E-state index is 12.1. The first-order valence-electron chi connectivity index (χ1n) is 7.86. The smallest absolute Gasteiger partial charge is 0.339 e. The van der Waals surface area contributed by atoms with E-state index in [9.17, 15) is 18.0 Å². The predicted molar refractivity (Wildman–Crippen MR) is 102 cm³/mol. The number of methoxy groups -OCH3 is 1. The number of nitrogens with one attached hydrogen (secondary N) is 1. The summed E-state index contributed by atoms with van der Waals surface area (Å²) in [4.78, 5) is 23.8. The molecule has 0 spiro atoms. The van der Waals surface area contributed by atoms with Gasteiger partial charge in [-0.05, 0) is 36.4 Å². The van der Waals surface area contributed by atoms with Crippen LogP contribution in [0.2, 0.25) is 0 Å². The van der Waals surface area contributed by atoms with Crippen LogP contribution in [0, 0.1) is 0 Å². The van der Waals surface area contributed by atoms with Crippen molar-refractivity contribution in [3.05, 3.63) is 54.1 Å². The van der Waals surface area contributed by atoms with Gasteiger partial charge in [0.25, 0.3) is 5.91 Å². The molecule has 9 heteroatoms. The second-order valence-corrected chi connectivity index (χ2v) is 7.61. The number of carbonyl (C=O) groups excluding carboxylic acids is 2. The molecule has 1 N–H and O–H groups in total. The summed E-state index contributed by atoms with van der Waals surface area (Å²) in [5.74, 6) is -0.613. The topological polar surface area (TPSA) is 102 Å². The van der Waals surface area contributed by atoms with Gasteiger partial charge in [-0.25, -0.2) is 13.2 Å². The van der Waals surface area contributed by atoms with Gasteiger partial charge in [-0.2, -0.15) is 0 Å². The summed E-state index contributed by atoms with van der Waals surface area (Å²) >= 11 is 0. The van der Waals surface area contributed by atoms with Gasteiger partial charge in [0.2, 0.25) is 10.0 Å². The van der Waals surface area contributed by atoms with E-state index >= 15 is 0 Å². The largest absolute Gasteiger partial charge is 0.484 e. The maximum Gasteiger partial charge on any atom is 0.339 e. The highest BCUT2D eigenvalue weighted by Crippen LogP contribution is 2.20. The lowest BCUT2D eigenvalue weighted by molar-refractivity contribution is -0.118. The van der Waals surface area contributed by atoms with E-state index in [0.717, 1.165) is 10.6 Å². The first-order valence-corrected chi connectivity index (χ1v) is 9.71. The molecule has 144 valence electrons. The lowest BCUT2D eigenvalue weighted by atomic mass is 10.2. The number of esters is 1. The minimum Gasteiger partial charge on any atom is -0.484 e. The van der Waals surface area contributed by atoms with Crippen molar-refractivity contribution in [2.45, 2.75) is 0 Å².